The topological polar surface area (TPSA) is 8.17 Å². The molecule has 0 fully saturated rings. The van der Waals surface area contributed by atoms with Crippen molar-refractivity contribution < 1.29 is 0 Å². The Morgan fingerprint density at radius 3 is 1.70 bits per heavy atom. The van der Waals surface area contributed by atoms with E-state index in [1.165, 1.54) is 126 Å². The van der Waals surface area contributed by atoms with Gasteiger partial charge >= 0.3 is 0 Å². The van der Waals surface area contributed by atoms with Crippen LogP contribution in [0.25, 0.3) is 81.0 Å². The molecule has 2 nitrogen and oxygen atoms in total. The van der Waals surface area contributed by atoms with Gasteiger partial charge in [-0.2, -0.15) is 0 Å². The average Bonchev–Trinajstić information content (AvgIpc) is 4.43. The summed E-state index contributed by atoms with van der Waals surface area (Å²) >= 11 is 1.89. The smallest absolute Gasteiger partial charge is 0.0755 e. The average molecular weight is 995 g/mol. The van der Waals surface area contributed by atoms with E-state index in [1.807, 2.05) is 11.3 Å². The quantitative estimate of drug-likeness (QED) is 0.161. The molecule has 3 aliphatic rings. The third kappa shape index (κ3) is 5.58. The maximum absolute atomic E-state index is 2.56. The van der Waals surface area contributed by atoms with E-state index < -0.39 is 10.8 Å². The van der Waals surface area contributed by atoms with Gasteiger partial charge in [0.1, 0.15) is 0 Å². The Labute approximate surface area is 450 Å². The molecule has 2 aliphatic carbocycles. The van der Waals surface area contributed by atoms with Crippen molar-refractivity contribution >= 4 is 70.4 Å². The number of hydrogen-bond donors (Lipinski definition) is 0. The van der Waals surface area contributed by atoms with E-state index in [0.29, 0.717) is 0 Å². The van der Waals surface area contributed by atoms with E-state index in [1.54, 1.807) is 0 Å². The van der Waals surface area contributed by atoms with Crippen LogP contribution in [0.5, 0.6) is 0 Å². The molecule has 1 unspecified atom stereocenters. The zero-order valence-electron chi connectivity index (χ0n) is 41.9. The molecule has 1 aliphatic heterocycles. The molecule has 12 aromatic carbocycles. The van der Waals surface area contributed by atoms with Gasteiger partial charge in [0.2, 0.25) is 0 Å². The molecule has 1 atom stereocenters. The second-order valence-electron chi connectivity index (χ2n) is 21.0. The summed E-state index contributed by atoms with van der Waals surface area (Å²) in [7, 11) is 0. The lowest BCUT2D eigenvalue weighted by atomic mass is 9.65. The molecule has 0 N–H and O–H groups in total. The summed E-state index contributed by atoms with van der Waals surface area (Å²) in [5.41, 5.74) is 23.7. The van der Waals surface area contributed by atoms with Gasteiger partial charge in [-0.05, 0) is 121 Å². The minimum Gasteiger partial charge on any atom is -0.310 e. The van der Waals surface area contributed by atoms with Gasteiger partial charge in [0.25, 0.3) is 0 Å². The van der Waals surface area contributed by atoms with E-state index in [9.17, 15) is 0 Å². The minimum absolute atomic E-state index is 0.568. The molecule has 0 amide bonds. The first-order valence-electron chi connectivity index (χ1n) is 26.7. The molecule has 0 saturated carbocycles. The van der Waals surface area contributed by atoms with E-state index in [4.69, 9.17) is 0 Å². The van der Waals surface area contributed by atoms with Crippen molar-refractivity contribution in [1.29, 1.82) is 0 Å². The molecule has 14 aromatic rings. The molecule has 3 heteroatoms. The maximum atomic E-state index is 2.56. The van der Waals surface area contributed by atoms with Gasteiger partial charge in [-0.25, -0.2) is 0 Å². The Morgan fingerprint density at radius 1 is 0.338 bits per heavy atom. The lowest BCUT2D eigenvalue weighted by Crippen LogP contribution is -2.33. The third-order valence-electron chi connectivity index (χ3n) is 17.5. The number of hydrogen-bond acceptors (Lipinski definition) is 2. The Morgan fingerprint density at radius 2 is 0.896 bits per heavy atom. The van der Waals surface area contributed by atoms with Gasteiger partial charge in [-0.1, -0.05) is 231 Å². The number of fused-ring (bicyclic) bond motifs is 18. The van der Waals surface area contributed by atoms with Gasteiger partial charge in [-0.15, -0.1) is 11.3 Å². The van der Waals surface area contributed by atoms with Gasteiger partial charge in [0.05, 0.1) is 33.2 Å². The molecule has 0 saturated heterocycles. The summed E-state index contributed by atoms with van der Waals surface area (Å²) in [6.45, 7) is 0. The monoisotopic (exact) mass is 994 g/mol. The molecule has 0 radical (unpaired) electrons. The summed E-state index contributed by atoms with van der Waals surface area (Å²) in [5, 5.41) is 5.17. The first-order valence-corrected chi connectivity index (χ1v) is 27.6. The summed E-state index contributed by atoms with van der Waals surface area (Å²) in [6, 6.07) is 105. The fraction of sp³-hybridized carbons (Fsp3) is 0.0270. The number of rotatable bonds is 6. The summed E-state index contributed by atoms with van der Waals surface area (Å²) in [5.74, 6) is 0. The van der Waals surface area contributed by atoms with Crippen LogP contribution < -0.4 is 4.90 Å². The Kier molecular flexibility index (Phi) is 8.88. The van der Waals surface area contributed by atoms with Crippen molar-refractivity contribution in [3.63, 3.8) is 0 Å². The number of benzene rings is 12. The Bertz CT molecular complexity index is 4710. The first kappa shape index (κ1) is 42.8. The highest BCUT2D eigenvalue weighted by Crippen LogP contribution is 2.64. The highest BCUT2D eigenvalue weighted by atomic mass is 32.1. The van der Waals surface area contributed by atoms with Crippen molar-refractivity contribution in [1.82, 2.24) is 4.57 Å². The van der Waals surface area contributed by atoms with Crippen LogP contribution >= 0.6 is 11.3 Å². The van der Waals surface area contributed by atoms with Gasteiger partial charge in [0.15, 0.2) is 0 Å². The highest BCUT2D eigenvalue weighted by Gasteiger charge is 2.52. The van der Waals surface area contributed by atoms with Crippen molar-refractivity contribution in [2.45, 2.75) is 10.8 Å². The lowest BCUT2D eigenvalue weighted by molar-refractivity contribution is 0.748. The van der Waals surface area contributed by atoms with E-state index in [2.05, 4.69) is 289 Å². The molecule has 0 bridgehead atoms. The summed E-state index contributed by atoms with van der Waals surface area (Å²) in [4.78, 5) is 2.56. The van der Waals surface area contributed by atoms with Crippen LogP contribution in [-0.2, 0) is 10.8 Å². The maximum Gasteiger partial charge on any atom is 0.0755 e. The fourth-order valence-corrected chi connectivity index (χ4v) is 15.8. The molecule has 17 rings (SSSR count). The first-order chi connectivity index (χ1) is 38.2. The standard InChI is InChI=1S/C74H46N2S/c1-3-20-48(21-4-1)73(49-22-5-2-6-23-49)60-31-11-7-24-53(60)54-45-44-51(46-65(54)73)75(50-42-40-47(41-43-50)52-28-17-30-58-56-26-10-16-39-69(56)77-72(52)58)68-38-19-34-63-70(68)59-27-8-12-32-61(59)74(63)62-33-13-15-37-67(62)76-66-36-14-9-25-55(66)57-29-18-35-64(74)71(57)76/h1-46H. The fourth-order valence-electron chi connectivity index (χ4n) is 14.5. The summed E-state index contributed by atoms with van der Waals surface area (Å²) < 4.78 is 5.17. The number of nitrogens with zero attached hydrogens (tertiary/aromatic N) is 2. The molecular formula is C74H46N2S. The molecule has 77 heavy (non-hydrogen) atoms. The van der Waals surface area contributed by atoms with E-state index in [0.717, 1.165) is 17.1 Å². The van der Waals surface area contributed by atoms with Crippen molar-refractivity contribution in [2.75, 3.05) is 4.90 Å². The van der Waals surface area contributed by atoms with Crippen LogP contribution in [-0.4, -0.2) is 4.57 Å². The zero-order valence-corrected chi connectivity index (χ0v) is 42.7. The van der Waals surface area contributed by atoms with Gasteiger partial charge in [0, 0.05) is 47.9 Å². The normalized spacial score (nSPS) is 15.2. The molecule has 358 valence electrons. The van der Waals surface area contributed by atoms with Crippen LogP contribution in [0.4, 0.5) is 17.1 Å². The van der Waals surface area contributed by atoms with Gasteiger partial charge < -0.3 is 9.47 Å². The second-order valence-corrected chi connectivity index (χ2v) is 22.0. The molecule has 1 spiro atoms. The highest BCUT2D eigenvalue weighted by molar-refractivity contribution is 7.26. The molecular weight excluding hydrogens is 949 g/mol. The van der Waals surface area contributed by atoms with Gasteiger partial charge in [-0.3, -0.25) is 0 Å². The summed E-state index contributed by atoms with van der Waals surface area (Å²) in [6.07, 6.45) is 0. The predicted molar refractivity (Wildman–Crippen MR) is 322 cm³/mol. The van der Waals surface area contributed by atoms with E-state index in [-0.39, 0.29) is 0 Å². The number of para-hydroxylation sites is 3. The van der Waals surface area contributed by atoms with Crippen LogP contribution in [0.2, 0.25) is 0 Å². The van der Waals surface area contributed by atoms with Crippen LogP contribution in [0.3, 0.4) is 0 Å². The van der Waals surface area contributed by atoms with Crippen LogP contribution in [0, 0.1) is 0 Å². The second kappa shape index (κ2) is 16.0. The van der Waals surface area contributed by atoms with Crippen molar-refractivity contribution in [3.8, 4) is 39.1 Å². The number of aromatic nitrogens is 1. The van der Waals surface area contributed by atoms with Crippen LogP contribution in [0.1, 0.15) is 44.5 Å². The van der Waals surface area contributed by atoms with Crippen molar-refractivity contribution in [3.05, 3.63) is 324 Å². The Balaban J connectivity index is 0.950. The Hall–Kier alpha value is -9.54. The van der Waals surface area contributed by atoms with E-state index >= 15 is 0 Å². The predicted octanol–water partition coefficient (Wildman–Crippen LogP) is 19.3. The molecule has 2 aromatic heterocycles. The minimum atomic E-state index is -0.601. The van der Waals surface area contributed by atoms with Crippen molar-refractivity contribution in [2.24, 2.45) is 0 Å². The zero-order chi connectivity index (χ0) is 50.4. The molecule has 3 heterocycles. The number of anilines is 3. The van der Waals surface area contributed by atoms with Crippen LogP contribution in [0.15, 0.2) is 279 Å². The largest absolute Gasteiger partial charge is 0.310 e. The number of thiophene rings is 1. The SMILES string of the molecule is c1ccc(C2(c3ccccc3)c3ccccc3-c3ccc(N(c4ccc(-c5cccc6c5sc5ccccc56)cc4)c4cccc5c4-c4ccccc4C54c5ccccc5-n5c6ccccc6c6cccc4c65)cc32)cc1. The third-order valence-corrected chi connectivity index (χ3v) is 18.7. The lowest BCUT2D eigenvalue weighted by Gasteiger charge is -2.39.